The van der Waals surface area contributed by atoms with Gasteiger partial charge in [0.25, 0.3) is 0 Å². The van der Waals surface area contributed by atoms with Crippen molar-refractivity contribution in [2.45, 2.75) is 88.5 Å². The molecule has 0 aromatic carbocycles. The summed E-state index contributed by atoms with van der Waals surface area (Å²) in [6, 6.07) is 1.55. The van der Waals surface area contributed by atoms with Crippen molar-refractivity contribution in [1.82, 2.24) is 5.32 Å². The summed E-state index contributed by atoms with van der Waals surface area (Å²) >= 11 is 0. The molecule has 5 rings (SSSR count). The average molecular weight is 275 g/mol. The third kappa shape index (κ3) is 1.70. The van der Waals surface area contributed by atoms with Crippen LogP contribution in [0.1, 0.15) is 64.2 Å². The van der Waals surface area contributed by atoms with Gasteiger partial charge in [-0.05, 0) is 62.2 Å². The Morgan fingerprint density at radius 3 is 2.35 bits per heavy atom. The zero-order chi connectivity index (χ0) is 13.1. The second-order valence-electron chi connectivity index (χ2n) is 8.24. The normalized spacial score (nSPS) is 57.6. The van der Waals surface area contributed by atoms with E-state index in [2.05, 4.69) is 5.32 Å². The van der Waals surface area contributed by atoms with Gasteiger partial charge in [0.2, 0.25) is 0 Å². The van der Waals surface area contributed by atoms with Gasteiger partial charge in [-0.2, -0.15) is 0 Å². The van der Waals surface area contributed by atoms with E-state index in [1.54, 1.807) is 0 Å². The van der Waals surface area contributed by atoms with E-state index in [0.717, 1.165) is 29.7 Å². The largest absolute Gasteiger partial charge is 0.373 e. The summed E-state index contributed by atoms with van der Waals surface area (Å²) in [6.45, 7) is 0. The number of hydrogen-bond donors (Lipinski definition) is 1. The van der Waals surface area contributed by atoms with Crippen LogP contribution in [0.3, 0.4) is 0 Å². The van der Waals surface area contributed by atoms with Crippen LogP contribution in [0.25, 0.3) is 0 Å². The van der Waals surface area contributed by atoms with Crippen LogP contribution in [0.15, 0.2) is 0 Å². The Hall–Kier alpha value is -0.0800. The standard InChI is InChI=1S/C18H29NO/c1-3-7-15-11(5-1)13-9-10-14-12-6-2-4-8-16(12)20-18(14)17(13)19-15/h11-19H,1-10H2. The monoisotopic (exact) mass is 275 g/mol. The summed E-state index contributed by atoms with van der Waals surface area (Å²) < 4.78 is 6.63. The molecule has 3 aliphatic carbocycles. The molecule has 112 valence electrons. The summed E-state index contributed by atoms with van der Waals surface area (Å²) in [5.74, 6) is 3.75. The van der Waals surface area contributed by atoms with Gasteiger partial charge < -0.3 is 10.1 Å². The van der Waals surface area contributed by atoms with Gasteiger partial charge in [0.1, 0.15) is 0 Å². The molecule has 2 heteroatoms. The molecule has 5 fully saturated rings. The van der Waals surface area contributed by atoms with Crippen molar-refractivity contribution < 1.29 is 4.74 Å². The molecule has 1 N–H and O–H groups in total. The van der Waals surface area contributed by atoms with Crippen LogP contribution in [-0.4, -0.2) is 24.3 Å². The summed E-state index contributed by atoms with van der Waals surface area (Å²) in [5, 5.41) is 4.05. The molecule has 0 bridgehead atoms. The minimum absolute atomic E-state index is 0.576. The van der Waals surface area contributed by atoms with Gasteiger partial charge in [-0.15, -0.1) is 0 Å². The van der Waals surface area contributed by atoms with Crippen molar-refractivity contribution in [1.29, 1.82) is 0 Å². The molecular formula is C18H29NO. The van der Waals surface area contributed by atoms with E-state index in [9.17, 15) is 0 Å². The van der Waals surface area contributed by atoms with Crippen molar-refractivity contribution in [3.63, 3.8) is 0 Å². The maximum Gasteiger partial charge on any atom is 0.0766 e. The van der Waals surface area contributed by atoms with Gasteiger partial charge in [-0.3, -0.25) is 0 Å². The van der Waals surface area contributed by atoms with Crippen molar-refractivity contribution in [3.8, 4) is 0 Å². The fourth-order valence-corrected chi connectivity index (χ4v) is 6.69. The molecule has 0 spiro atoms. The first-order valence-electron chi connectivity index (χ1n) is 9.33. The van der Waals surface area contributed by atoms with Gasteiger partial charge >= 0.3 is 0 Å². The molecule has 20 heavy (non-hydrogen) atoms. The SMILES string of the molecule is C1CCC2C(C1)NC1C2CCC2C3CCCCC3OC21. The molecule has 8 unspecified atom stereocenters. The first-order chi connectivity index (χ1) is 9.92. The van der Waals surface area contributed by atoms with Crippen LogP contribution in [0.4, 0.5) is 0 Å². The van der Waals surface area contributed by atoms with E-state index in [1.165, 1.54) is 64.2 Å². The van der Waals surface area contributed by atoms with E-state index >= 15 is 0 Å². The molecule has 2 saturated heterocycles. The van der Waals surface area contributed by atoms with Crippen molar-refractivity contribution in [3.05, 3.63) is 0 Å². The van der Waals surface area contributed by atoms with E-state index < -0.39 is 0 Å². The zero-order valence-electron chi connectivity index (χ0n) is 12.6. The van der Waals surface area contributed by atoms with Crippen molar-refractivity contribution in [2.75, 3.05) is 0 Å². The third-order valence-electron chi connectivity index (χ3n) is 7.48. The molecular weight excluding hydrogens is 246 g/mol. The third-order valence-corrected chi connectivity index (χ3v) is 7.48. The first kappa shape index (κ1) is 12.5. The lowest BCUT2D eigenvalue weighted by atomic mass is 9.66. The van der Waals surface area contributed by atoms with Gasteiger partial charge in [-0.1, -0.05) is 25.7 Å². The first-order valence-corrected chi connectivity index (χ1v) is 9.33. The Kier molecular flexibility index (Phi) is 2.93. The fourth-order valence-electron chi connectivity index (χ4n) is 6.69. The number of hydrogen-bond acceptors (Lipinski definition) is 2. The van der Waals surface area contributed by atoms with Gasteiger partial charge in [0, 0.05) is 12.1 Å². The number of fused-ring (bicyclic) bond motifs is 7. The van der Waals surface area contributed by atoms with Crippen LogP contribution in [0.2, 0.25) is 0 Å². The second-order valence-corrected chi connectivity index (χ2v) is 8.24. The van der Waals surface area contributed by atoms with E-state index in [4.69, 9.17) is 4.74 Å². The number of ether oxygens (including phenoxy) is 1. The van der Waals surface area contributed by atoms with Gasteiger partial charge in [0.05, 0.1) is 12.2 Å². The van der Waals surface area contributed by atoms with Crippen molar-refractivity contribution >= 4 is 0 Å². The van der Waals surface area contributed by atoms with Crippen LogP contribution >= 0.6 is 0 Å². The smallest absolute Gasteiger partial charge is 0.0766 e. The van der Waals surface area contributed by atoms with E-state index in [0.29, 0.717) is 18.2 Å². The minimum Gasteiger partial charge on any atom is -0.373 e. The average Bonchev–Trinajstić information content (AvgIpc) is 3.05. The Morgan fingerprint density at radius 1 is 0.650 bits per heavy atom. The van der Waals surface area contributed by atoms with Gasteiger partial charge in [-0.25, -0.2) is 0 Å². The number of rotatable bonds is 0. The summed E-state index contributed by atoms with van der Waals surface area (Å²) in [7, 11) is 0. The Morgan fingerprint density at radius 2 is 1.40 bits per heavy atom. The van der Waals surface area contributed by atoms with Crippen LogP contribution in [0.5, 0.6) is 0 Å². The van der Waals surface area contributed by atoms with E-state index in [1.807, 2.05) is 0 Å². The van der Waals surface area contributed by atoms with Crippen LogP contribution in [-0.2, 0) is 4.74 Å². The summed E-state index contributed by atoms with van der Waals surface area (Å²) in [6.07, 6.45) is 15.7. The lowest BCUT2D eigenvalue weighted by Gasteiger charge is -2.38. The highest BCUT2D eigenvalue weighted by atomic mass is 16.5. The highest BCUT2D eigenvalue weighted by Gasteiger charge is 2.56. The lowest BCUT2D eigenvalue weighted by Crippen LogP contribution is -2.47. The Bertz CT molecular complexity index is 348. The Labute approximate surface area is 123 Å². The maximum atomic E-state index is 6.63. The van der Waals surface area contributed by atoms with Crippen LogP contribution < -0.4 is 5.32 Å². The molecule has 2 heterocycles. The quantitative estimate of drug-likeness (QED) is 0.730. The molecule has 2 nitrogen and oxygen atoms in total. The second kappa shape index (κ2) is 4.71. The molecule has 3 saturated carbocycles. The molecule has 0 aromatic rings. The lowest BCUT2D eigenvalue weighted by molar-refractivity contribution is -0.0202. The molecule has 5 aliphatic rings. The summed E-state index contributed by atoms with van der Waals surface area (Å²) in [4.78, 5) is 0. The Balaban J connectivity index is 1.40. The molecule has 2 aliphatic heterocycles. The number of nitrogens with one attached hydrogen (secondary N) is 1. The molecule has 0 aromatic heterocycles. The topological polar surface area (TPSA) is 21.3 Å². The minimum atomic E-state index is 0.576. The van der Waals surface area contributed by atoms with Crippen molar-refractivity contribution in [2.24, 2.45) is 23.7 Å². The molecule has 0 amide bonds. The highest BCUT2D eigenvalue weighted by Crippen LogP contribution is 2.53. The summed E-state index contributed by atoms with van der Waals surface area (Å²) in [5.41, 5.74) is 0. The fraction of sp³-hybridized carbons (Fsp3) is 1.00. The zero-order valence-corrected chi connectivity index (χ0v) is 12.6. The molecule has 0 radical (unpaired) electrons. The highest BCUT2D eigenvalue weighted by molar-refractivity contribution is 5.09. The predicted octanol–water partition coefficient (Wildman–Crippen LogP) is 3.50. The van der Waals surface area contributed by atoms with E-state index in [-0.39, 0.29) is 0 Å². The maximum absolute atomic E-state index is 6.63. The predicted molar refractivity (Wildman–Crippen MR) is 79.5 cm³/mol. The van der Waals surface area contributed by atoms with Crippen LogP contribution in [0, 0.1) is 23.7 Å². The van der Waals surface area contributed by atoms with Gasteiger partial charge in [0.15, 0.2) is 0 Å². The molecule has 8 atom stereocenters.